The Kier molecular flexibility index (Phi) is 6.15. The number of carbonyl (C=O) groups is 2. The number of amides is 3. The second-order valence-electron chi connectivity index (χ2n) is 7.58. The first-order valence-corrected chi connectivity index (χ1v) is 9.73. The zero-order valence-corrected chi connectivity index (χ0v) is 16.0. The highest BCUT2D eigenvalue weighted by atomic mass is 19.4. The molecule has 2 aliphatic rings. The van der Waals surface area contributed by atoms with Crippen LogP contribution in [0.3, 0.4) is 0 Å². The maximum atomic E-state index is 13.2. The van der Waals surface area contributed by atoms with E-state index < -0.39 is 11.7 Å². The van der Waals surface area contributed by atoms with Gasteiger partial charge >= 0.3 is 12.2 Å². The Morgan fingerprint density at radius 2 is 1.54 bits per heavy atom. The van der Waals surface area contributed by atoms with Gasteiger partial charge in [0, 0.05) is 39.1 Å². The lowest BCUT2D eigenvalue weighted by molar-refractivity contribution is -0.138. The number of benzene rings is 1. The third-order valence-corrected chi connectivity index (χ3v) is 5.76. The molecule has 3 amide bonds. The van der Waals surface area contributed by atoms with Gasteiger partial charge in [-0.3, -0.25) is 4.79 Å². The smallest absolute Gasteiger partial charge is 0.343 e. The van der Waals surface area contributed by atoms with Crippen LogP contribution in [0, 0.1) is 0 Å². The second kappa shape index (κ2) is 8.41. The van der Waals surface area contributed by atoms with Crippen molar-refractivity contribution in [3.63, 3.8) is 0 Å². The summed E-state index contributed by atoms with van der Waals surface area (Å²) in [5.74, 6) is -0.147. The zero-order valence-electron chi connectivity index (χ0n) is 16.0. The highest BCUT2D eigenvalue weighted by molar-refractivity contribution is 5.75. The Morgan fingerprint density at radius 1 is 0.964 bits per heavy atom. The molecule has 1 aromatic rings. The third kappa shape index (κ3) is 4.77. The van der Waals surface area contributed by atoms with Gasteiger partial charge in [-0.1, -0.05) is 18.2 Å². The quantitative estimate of drug-likeness (QED) is 0.829. The van der Waals surface area contributed by atoms with E-state index in [0.29, 0.717) is 44.6 Å². The Bertz CT molecular complexity index is 707. The van der Waals surface area contributed by atoms with E-state index in [0.717, 1.165) is 18.9 Å². The number of nitrogens with one attached hydrogen (secondary N) is 1. The normalized spacial score (nSPS) is 19.6. The third-order valence-electron chi connectivity index (χ3n) is 5.76. The van der Waals surface area contributed by atoms with Gasteiger partial charge in [0.1, 0.15) is 0 Å². The van der Waals surface area contributed by atoms with Gasteiger partial charge in [0.15, 0.2) is 0 Å². The van der Waals surface area contributed by atoms with Gasteiger partial charge < -0.3 is 15.1 Å². The van der Waals surface area contributed by atoms with Crippen LogP contribution in [0.2, 0.25) is 0 Å². The van der Waals surface area contributed by atoms with Crippen LogP contribution >= 0.6 is 0 Å². The summed E-state index contributed by atoms with van der Waals surface area (Å²) >= 11 is 0. The molecule has 2 aliphatic heterocycles. The van der Waals surface area contributed by atoms with Crippen LogP contribution in [-0.4, -0.2) is 54.0 Å². The lowest BCUT2D eigenvalue weighted by Crippen LogP contribution is -2.51. The Hall–Kier alpha value is -2.25. The predicted octanol–water partition coefficient (Wildman–Crippen LogP) is 3.61. The average Bonchev–Trinajstić information content (AvgIpc) is 2.68. The molecule has 1 N–H and O–H groups in total. The SMILES string of the molecule is CC(=O)N1CCC(NC(=O)N2CCC(c3ccccc3C(F)(F)F)CC2)CC1. The zero-order chi connectivity index (χ0) is 20.3. The number of nitrogens with zero attached hydrogens (tertiary/aromatic N) is 2. The van der Waals surface area contributed by atoms with Crippen LogP contribution in [0.25, 0.3) is 0 Å². The maximum Gasteiger partial charge on any atom is 0.416 e. The predicted molar refractivity (Wildman–Crippen MR) is 98.8 cm³/mol. The van der Waals surface area contributed by atoms with Gasteiger partial charge in [0.05, 0.1) is 5.56 Å². The molecule has 8 heteroatoms. The molecule has 0 spiro atoms. The monoisotopic (exact) mass is 397 g/mol. The summed E-state index contributed by atoms with van der Waals surface area (Å²) in [5, 5.41) is 3.01. The molecule has 5 nitrogen and oxygen atoms in total. The lowest BCUT2D eigenvalue weighted by atomic mass is 9.86. The minimum Gasteiger partial charge on any atom is -0.343 e. The van der Waals surface area contributed by atoms with E-state index in [-0.39, 0.29) is 23.9 Å². The van der Waals surface area contributed by atoms with Crippen LogP contribution in [0.4, 0.5) is 18.0 Å². The Morgan fingerprint density at radius 3 is 2.11 bits per heavy atom. The van der Waals surface area contributed by atoms with Gasteiger partial charge in [0.25, 0.3) is 0 Å². The van der Waals surface area contributed by atoms with Gasteiger partial charge in [0.2, 0.25) is 5.91 Å². The first kappa shape index (κ1) is 20.5. The van der Waals surface area contributed by atoms with Crippen molar-refractivity contribution >= 4 is 11.9 Å². The summed E-state index contributed by atoms with van der Waals surface area (Å²) in [6.45, 7) is 3.69. The number of halogens is 3. The Balaban J connectivity index is 1.52. The molecule has 3 rings (SSSR count). The van der Waals surface area contributed by atoms with E-state index in [1.165, 1.54) is 6.07 Å². The molecule has 0 bridgehead atoms. The lowest BCUT2D eigenvalue weighted by Gasteiger charge is -2.36. The number of hydrogen-bond acceptors (Lipinski definition) is 2. The first-order valence-electron chi connectivity index (χ1n) is 9.73. The number of rotatable bonds is 2. The summed E-state index contributed by atoms with van der Waals surface area (Å²) in [6, 6.07) is 5.59. The largest absolute Gasteiger partial charge is 0.416 e. The van der Waals surface area contributed by atoms with E-state index in [1.807, 2.05) is 0 Å². The molecule has 0 atom stereocenters. The molecule has 154 valence electrons. The highest BCUT2D eigenvalue weighted by Crippen LogP contribution is 2.38. The van der Waals surface area contributed by atoms with Gasteiger partial charge in [-0.2, -0.15) is 13.2 Å². The number of piperidine rings is 2. The summed E-state index contributed by atoms with van der Waals surface area (Å²) < 4.78 is 39.7. The van der Waals surface area contributed by atoms with Crippen LogP contribution in [0.15, 0.2) is 24.3 Å². The van der Waals surface area contributed by atoms with Gasteiger partial charge in [-0.15, -0.1) is 0 Å². The number of hydrogen-bond donors (Lipinski definition) is 1. The molecule has 28 heavy (non-hydrogen) atoms. The van der Waals surface area contributed by atoms with Crippen LogP contribution in [-0.2, 0) is 11.0 Å². The van der Waals surface area contributed by atoms with E-state index in [9.17, 15) is 22.8 Å². The van der Waals surface area contributed by atoms with E-state index in [2.05, 4.69) is 5.32 Å². The number of carbonyl (C=O) groups excluding carboxylic acids is 2. The van der Waals surface area contributed by atoms with Crippen molar-refractivity contribution in [2.45, 2.75) is 50.7 Å². The summed E-state index contributed by atoms with van der Waals surface area (Å²) in [5.41, 5.74) is -0.248. The van der Waals surface area contributed by atoms with Crippen molar-refractivity contribution < 1.29 is 22.8 Å². The standard InChI is InChI=1S/C20H26F3N3O2/c1-14(27)25-12-8-16(9-13-25)24-19(28)26-10-6-15(7-11-26)17-4-2-3-5-18(17)20(21,22)23/h2-5,15-16H,6-13H2,1H3,(H,24,28). The molecule has 0 aromatic heterocycles. The molecular weight excluding hydrogens is 371 g/mol. The van der Waals surface area contributed by atoms with E-state index in [4.69, 9.17) is 0 Å². The number of likely N-dealkylation sites (tertiary alicyclic amines) is 2. The maximum absolute atomic E-state index is 13.2. The molecule has 2 saturated heterocycles. The fraction of sp³-hybridized carbons (Fsp3) is 0.600. The van der Waals surface area contributed by atoms with Gasteiger partial charge in [-0.25, -0.2) is 4.79 Å². The molecule has 1 aromatic carbocycles. The van der Waals surface area contributed by atoms with Crippen LogP contribution in [0.1, 0.15) is 49.7 Å². The van der Waals surface area contributed by atoms with Crippen molar-refractivity contribution in [2.24, 2.45) is 0 Å². The van der Waals surface area contributed by atoms with Crippen molar-refractivity contribution in [1.82, 2.24) is 15.1 Å². The summed E-state index contributed by atoms with van der Waals surface area (Å²) in [7, 11) is 0. The van der Waals surface area contributed by atoms with Crippen LogP contribution < -0.4 is 5.32 Å². The second-order valence-corrected chi connectivity index (χ2v) is 7.58. The molecule has 0 aliphatic carbocycles. The Labute approximate surface area is 162 Å². The van der Waals surface area contributed by atoms with Crippen LogP contribution in [0.5, 0.6) is 0 Å². The van der Waals surface area contributed by atoms with Crippen molar-refractivity contribution in [1.29, 1.82) is 0 Å². The molecule has 0 saturated carbocycles. The molecule has 0 radical (unpaired) electrons. The van der Waals surface area contributed by atoms with E-state index in [1.54, 1.807) is 28.9 Å². The van der Waals surface area contributed by atoms with E-state index >= 15 is 0 Å². The average molecular weight is 397 g/mol. The topological polar surface area (TPSA) is 52.7 Å². The van der Waals surface area contributed by atoms with Crippen molar-refractivity contribution in [3.8, 4) is 0 Å². The minimum atomic E-state index is -4.36. The highest BCUT2D eigenvalue weighted by Gasteiger charge is 2.36. The summed E-state index contributed by atoms with van der Waals surface area (Å²) in [6.07, 6.45) is -1.88. The molecule has 2 fully saturated rings. The fourth-order valence-corrected chi connectivity index (χ4v) is 4.11. The molecular formula is C20H26F3N3O2. The van der Waals surface area contributed by atoms with Crippen molar-refractivity contribution in [3.05, 3.63) is 35.4 Å². The first-order chi connectivity index (χ1) is 13.3. The van der Waals surface area contributed by atoms with Gasteiger partial charge in [-0.05, 0) is 43.2 Å². The minimum absolute atomic E-state index is 0.0341. The molecule has 0 unspecified atom stereocenters. The van der Waals surface area contributed by atoms with Crippen molar-refractivity contribution in [2.75, 3.05) is 26.2 Å². The fourth-order valence-electron chi connectivity index (χ4n) is 4.11. The summed E-state index contributed by atoms with van der Waals surface area (Å²) in [4.78, 5) is 27.3. The number of alkyl halides is 3. The number of urea groups is 1. The molecule has 2 heterocycles.